The van der Waals surface area contributed by atoms with Gasteiger partial charge in [-0.3, -0.25) is 0 Å². The minimum Gasteiger partial charge on any atom is -0.496 e. The van der Waals surface area contributed by atoms with Gasteiger partial charge >= 0.3 is 0 Å². The number of ether oxygens (including phenoxy) is 1. The Morgan fingerprint density at radius 2 is 2.38 bits per heavy atom. The molecular weight excluding hydrogens is 198 g/mol. The Morgan fingerprint density at radius 3 is 3.06 bits per heavy atom. The Labute approximate surface area is 97.3 Å². The highest BCUT2D eigenvalue weighted by atomic mass is 16.5. The molecule has 2 unspecified atom stereocenters. The van der Waals surface area contributed by atoms with Crippen LogP contribution in [0, 0.1) is 0 Å². The van der Waals surface area contributed by atoms with Crippen molar-refractivity contribution in [3.8, 4) is 5.75 Å². The zero-order chi connectivity index (χ0) is 11.5. The van der Waals surface area contributed by atoms with Crippen LogP contribution in [0.5, 0.6) is 5.75 Å². The third-order valence-electron chi connectivity index (χ3n) is 3.27. The van der Waals surface area contributed by atoms with E-state index in [9.17, 15) is 0 Å². The number of fused-ring (bicyclic) bond motifs is 1. The van der Waals surface area contributed by atoms with E-state index < -0.39 is 0 Å². The fraction of sp³-hybridized carbons (Fsp3) is 0.429. The SMILES string of the molecule is C=CC(C)NC1CCc2c(OC)cccc21. The first kappa shape index (κ1) is 11.2. The minimum absolute atomic E-state index is 0.349. The second-order valence-electron chi connectivity index (χ2n) is 4.31. The highest BCUT2D eigenvalue weighted by Crippen LogP contribution is 2.36. The van der Waals surface area contributed by atoms with Crippen LogP contribution in [0.3, 0.4) is 0 Å². The van der Waals surface area contributed by atoms with Gasteiger partial charge in [-0.1, -0.05) is 18.2 Å². The van der Waals surface area contributed by atoms with Gasteiger partial charge in [-0.2, -0.15) is 0 Å². The standard InChI is InChI=1S/C14H19NO/c1-4-10(2)15-13-9-8-12-11(13)6-5-7-14(12)16-3/h4-7,10,13,15H,1,8-9H2,2-3H3. The molecule has 2 heteroatoms. The van der Waals surface area contributed by atoms with E-state index in [-0.39, 0.29) is 0 Å². The molecule has 0 saturated carbocycles. The van der Waals surface area contributed by atoms with Gasteiger partial charge in [-0.05, 0) is 37.0 Å². The molecule has 2 atom stereocenters. The maximum Gasteiger partial charge on any atom is 0.122 e. The number of methoxy groups -OCH3 is 1. The molecule has 0 aliphatic heterocycles. The summed E-state index contributed by atoms with van der Waals surface area (Å²) in [5.74, 6) is 1.02. The fourth-order valence-corrected chi connectivity index (χ4v) is 2.37. The lowest BCUT2D eigenvalue weighted by atomic mass is 10.1. The lowest BCUT2D eigenvalue weighted by molar-refractivity contribution is 0.410. The second-order valence-corrected chi connectivity index (χ2v) is 4.31. The van der Waals surface area contributed by atoms with Crippen LogP contribution in [0.1, 0.15) is 30.5 Å². The van der Waals surface area contributed by atoms with Gasteiger partial charge in [0.1, 0.15) is 5.75 Å². The third-order valence-corrected chi connectivity index (χ3v) is 3.27. The van der Waals surface area contributed by atoms with E-state index in [0.29, 0.717) is 12.1 Å². The Hall–Kier alpha value is -1.28. The average molecular weight is 217 g/mol. The van der Waals surface area contributed by atoms with Gasteiger partial charge in [-0.15, -0.1) is 6.58 Å². The zero-order valence-corrected chi connectivity index (χ0v) is 9.99. The van der Waals surface area contributed by atoms with Gasteiger partial charge in [0.15, 0.2) is 0 Å². The molecule has 0 spiro atoms. The number of nitrogens with one attached hydrogen (secondary N) is 1. The monoisotopic (exact) mass is 217 g/mol. The van der Waals surface area contributed by atoms with E-state index in [1.807, 2.05) is 12.1 Å². The maximum atomic E-state index is 5.39. The molecule has 16 heavy (non-hydrogen) atoms. The van der Waals surface area contributed by atoms with Gasteiger partial charge in [0.2, 0.25) is 0 Å². The van der Waals surface area contributed by atoms with Crippen LogP contribution < -0.4 is 10.1 Å². The highest BCUT2D eigenvalue weighted by molar-refractivity contribution is 5.45. The molecule has 1 aromatic rings. The predicted octanol–water partition coefficient (Wildman–Crippen LogP) is 2.85. The molecule has 0 fully saturated rings. The van der Waals surface area contributed by atoms with Crippen molar-refractivity contribution in [1.29, 1.82) is 0 Å². The van der Waals surface area contributed by atoms with Crippen molar-refractivity contribution in [2.45, 2.75) is 31.8 Å². The topological polar surface area (TPSA) is 21.3 Å². The van der Waals surface area contributed by atoms with Crippen molar-refractivity contribution < 1.29 is 4.74 Å². The van der Waals surface area contributed by atoms with Gasteiger partial charge < -0.3 is 10.1 Å². The second kappa shape index (κ2) is 4.71. The molecule has 0 aromatic heterocycles. The first-order valence-electron chi connectivity index (χ1n) is 5.80. The van der Waals surface area contributed by atoms with Gasteiger partial charge in [-0.25, -0.2) is 0 Å². The van der Waals surface area contributed by atoms with E-state index in [2.05, 4.69) is 31.0 Å². The molecule has 1 N–H and O–H groups in total. The molecule has 0 heterocycles. The van der Waals surface area contributed by atoms with Crippen molar-refractivity contribution in [2.75, 3.05) is 7.11 Å². The summed E-state index contributed by atoms with van der Waals surface area (Å²) in [6, 6.07) is 7.09. The maximum absolute atomic E-state index is 5.39. The molecule has 0 amide bonds. The van der Waals surface area contributed by atoms with Crippen LogP contribution in [0.2, 0.25) is 0 Å². The van der Waals surface area contributed by atoms with Gasteiger partial charge in [0, 0.05) is 12.1 Å². The molecule has 2 nitrogen and oxygen atoms in total. The Morgan fingerprint density at radius 1 is 1.56 bits per heavy atom. The predicted molar refractivity (Wildman–Crippen MR) is 66.9 cm³/mol. The van der Waals surface area contributed by atoms with E-state index in [0.717, 1.165) is 18.6 Å². The molecule has 0 saturated heterocycles. The first-order valence-corrected chi connectivity index (χ1v) is 5.80. The summed E-state index contributed by atoms with van der Waals surface area (Å²) in [5, 5.41) is 3.56. The minimum atomic E-state index is 0.349. The summed E-state index contributed by atoms with van der Waals surface area (Å²) in [4.78, 5) is 0. The highest BCUT2D eigenvalue weighted by Gasteiger charge is 2.25. The van der Waals surface area contributed by atoms with E-state index in [1.54, 1.807) is 7.11 Å². The molecule has 86 valence electrons. The smallest absolute Gasteiger partial charge is 0.122 e. The van der Waals surface area contributed by atoms with Crippen LogP contribution in [0.4, 0.5) is 0 Å². The fourth-order valence-electron chi connectivity index (χ4n) is 2.37. The van der Waals surface area contributed by atoms with E-state index in [1.165, 1.54) is 11.1 Å². The summed E-state index contributed by atoms with van der Waals surface area (Å²) >= 11 is 0. The number of rotatable bonds is 4. The average Bonchev–Trinajstić information content (AvgIpc) is 2.72. The van der Waals surface area contributed by atoms with E-state index >= 15 is 0 Å². The number of benzene rings is 1. The third kappa shape index (κ3) is 1.98. The lowest BCUT2D eigenvalue weighted by Crippen LogP contribution is -2.27. The Balaban J connectivity index is 2.23. The summed E-state index contributed by atoms with van der Waals surface area (Å²) < 4.78 is 5.39. The summed E-state index contributed by atoms with van der Waals surface area (Å²) in [6.07, 6.45) is 4.19. The normalized spacial score (nSPS) is 20.2. The molecule has 1 aliphatic carbocycles. The summed E-state index contributed by atoms with van der Waals surface area (Å²) in [6.45, 7) is 5.94. The van der Waals surface area contributed by atoms with Crippen molar-refractivity contribution in [3.05, 3.63) is 42.0 Å². The summed E-state index contributed by atoms with van der Waals surface area (Å²) in [7, 11) is 1.74. The molecule has 1 aromatic carbocycles. The van der Waals surface area contributed by atoms with Crippen molar-refractivity contribution in [3.63, 3.8) is 0 Å². The van der Waals surface area contributed by atoms with Crippen molar-refractivity contribution in [1.82, 2.24) is 5.32 Å². The Bertz CT molecular complexity index is 386. The van der Waals surface area contributed by atoms with Crippen molar-refractivity contribution in [2.24, 2.45) is 0 Å². The first-order chi connectivity index (χ1) is 7.76. The number of hydrogen-bond donors (Lipinski definition) is 1. The lowest BCUT2D eigenvalue weighted by Gasteiger charge is -2.17. The zero-order valence-electron chi connectivity index (χ0n) is 9.99. The molecule has 0 bridgehead atoms. The van der Waals surface area contributed by atoms with Crippen LogP contribution in [-0.2, 0) is 6.42 Å². The Kier molecular flexibility index (Phi) is 3.30. The molecule has 2 rings (SSSR count). The van der Waals surface area contributed by atoms with Crippen LogP contribution in [0.25, 0.3) is 0 Å². The van der Waals surface area contributed by atoms with Crippen LogP contribution in [0.15, 0.2) is 30.9 Å². The largest absolute Gasteiger partial charge is 0.496 e. The summed E-state index contributed by atoms with van der Waals surface area (Å²) in [5.41, 5.74) is 2.74. The van der Waals surface area contributed by atoms with Gasteiger partial charge in [0.05, 0.1) is 7.11 Å². The molecular formula is C14H19NO. The number of hydrogen-bond acceptors (Lipinski definition) is 2. The van der Waals surface area contributed by atoms with Gasteiger partial charge in [0.25, 0.3) is 0 Å². The quantitative estimate of drug-likeness (QED) is 0.783. The van der Waals surface area contributed by atoms with E-state index in [4.69, 9.17) is 4.74 Å². The molecule has 0 radical (unpaired) electrons. The van der Waals surface area contributed by atoms with Crippen molar-refractivity contribution >= 4 is 0 Å². The molecule has 1 aliphatic rings. The van der Waals surface area contributed by atoms with Crippen LogP contribution in [-0.4, -0.2) is 13.2 Å². The van der Waals surface area contributed by atoms with Crippen LogP contribution >= 0.6 is 0 Å².